The van der Waals surface area contributed by atoms with E-state index >= 15 is 0 Å². The third kappa shape index (κ3) is 2.04. The first-order valence-electron chi connectivity index (χ1n) is 7.24. The second-order valence-corrected chi connectivity index (χ2v) is 5.28. The van der Waals surface area contributed by atoms with Gasteiger partial charge in [-0.2, -0.15) is 0 Å². The van der Waals surface area contributed by atoms with Crippen molar-refractivity contribution in [2.45, 2.75) is 0 Å². The molecule has 0 aliphatic rings. The Morgan fingerprint density at radius 1 is 0.958 bits per heavy atom. The topological polar surface area (TPSA) is 85.1 Å². The van der Waals surface area contributed by atoms with Crippen LogP contribution in [0.2, 0.25) is 0 Å². The zero-order valence-corrected chi connectivity index (χ0v) is 12.4. The molecule has 0 saturated carbocycles. The van der Waals surface area contributed by atoms with Crippen LogP contribution in [0.15, 0.2) is 65.8 Å². The summed E-state index contributed by atoms with van der Waals surface area (Å²) in [5.74, 6) is -0.751. The van der Waals surface area contributed by atoms with E-state index in [0.717, 1.165) is 10.8 Å². The van der Waals surface area contributed by atoms with Crippen LogP contribution >= 0.6 is 0 Å². The predicted molar refractivity (Wildman–Crippen MR) is 89.6 cm³/mol. The van der Waals surface area contributed by atoms with Gasteiger partial charge in [0.05, 0.1) is 5.39 Å². The number of pyridine rings is 3. The summed E-state index contributed by atoms with van der Waals surface area (Å²) >= 11 is 0. The quantitative estimate of drug-likeness (QED) is 0.614. The standard InChI is InChI=1S/C18H11N3O3/c22-15-13-6-3-8-19-17(13)21(10-14(15)18(23)24)16-12-5-2-1-4-11(12)7-9-20-16/h1-10H,(H,23,24). The molecule has 3 aromatic heterocycles. The van der Waals surface area contributed by atoms with Crippen LogP contribution in [0.5, 0.6) is 0 Å². The molecule has 0 spiro atoms. The molecule has 0 saturated heterocycles. The SMILES string of the molecule is O=C(O)c1cn(-c2nccc3ccccc23)c2ncccc2c1=O. The smallest absolute Gasteiger partial charge is 0.341 e. The van der Waals surface area contributed by atoms with Crippen LogP contribution in [-0.2, 0) is 0 Å². The summed E-state index contributed by atoms with van der Waals surface area (Å²) in [4.78, 5) is 32.5. The molecule has 0 fully saturated rings. The zero-order valence-electron chi connectivity index (χ0n) is 12.4. The van der Waals surface area contributed by atoms with Crippen molar-refractivity contribution in [2.24, 2.45) is 0 Å². The van der Waals surface area contributed by atoms with Gasteiger partial charge in [-0.05, 0) is 23.6 Å². The summed E-state index contributed by atoms with van der Waals surface area (Å²) in [6, 6.07) is 12.7. The molecule has 4 aromatic rings. The number of fused-ring (bicyclic) bond motifs is 2. The Morgan fingerprint density at radius 2 is 1.75 bits per heavy atom. The molecule has 0 atom stereocenters. The number of carboxylic acids is 1. The minimum atomic E-state index is -1.28. The monoisotopic (exact) mass is 317 g/mol. The molecule has 3 heterocycles. The molecule has 1 aromatic carbocycles. The van der Waals surface area contributed by atoms with Crippen LogP contribution in [0.1, 0.15) is 10.4 Å². The van der Waals surface area contributed by atoms with Crippen molar-refractivity contribution in [2.75, 3.05) is 0 Å². The number of aromatic carboxylic acids is 1. The Morgan fingerprint density at radius 3 is 2.58 bits per heavy atom. The second kappa shape index (κ2) is 5.27. The van der Waals surface area contributed by atoms with Gasteiger partial charge < -0.3 is 5.11 Å². The summed E-state index contributed by atoms with van der Waals surface area (Å²) in [7, 11) is 0. The fourth-order valence-electron chi connectivity index (χ4n) is 2.77. The molecule has 6 heteroatoms. The van der Waals surface area contributed by atoms with E-state index in [1.807, 2.05) is 30.3 Å². The largest absolute Gasteiger partial charge is 0.477 e. The van der Waals surface area contributed by atoms with Crippen LogP contribution in [0.4, 0.5) is 0 Å². The fourth-order valence-corrected chi connectivity index (χ4v) is 2.77. The highest BCUT2D eigenvalue weighted by Crippen LogP contribution is 2.22. The molecule has 0 radical (unpaired) electrons. The number of hydrogen-bond donors (Lipinski definition) is 1. The van der Waals surface area contributed by atoms with Gasteiger partial charge in [0.25, 0.3) is 0 Å². The molecular weight excluding hydrogens is 306 g/mol. The van der Waals surface area contributed by atoms with Crippen LogP contribution in [-0.4, -0.2) is 25.6 Å². The Balaban J connectivity index is 2.19. The van der Waals surface area contributed by atoms with E-state index in [0.29, 0.717) is 11.5 Å². The Bertz CT molecular complexity index is 1160. The fraction of sp³-hybridized carbons (Fsp3) is 0. The van der Waals surface area contributed by atoms with Crippen molar-refractivity contribution in [1.29, 1.82) is 0 Å². The number of carboxylic acid groups (broad SMARTS) is 1. The highest BCUT2D eigenvalue weighted by Gasteiger charge is 2.17. The van der Waals surface area contributed by atoms with Crippen molar-refractivity contribution in [3.05, 3.63) is 76.8 Å². The van der Waals surface area contributed by atoms with Gasteiger partial charge in [-0.3, -0.25) is 9.36 Å². The highest BCUT2D eigenvalue weighted by atomic mass is 16.4. The van der Waals surface area contributed by atoms with Gasteiger partial charge >= 0.3 is 5.97 Å². The van der Waals surface area contributed by atoms with E-state index < -0.39 is 11.4 Å². The third-order valence-electron chi connectivity index (χ3n) is 3.87. The molecule has 0 unspecified atom stereocenters. The molecular formula is C18H11N3O3. The van der Waals surface area contributed by atoms with E-state index in [1.54, 1.807) is 29.1 Å². The van der Waals surface area contributed by atoms with Gasteiger partial charge in [0.1, 0.15) is 17.0 Å². The molecule has 116 valence electrons. The maximum atomic E-state index is 12.4. The van der Waals surface area contributed by atoms with Gasteiger partial charge in [0.15, 0.2) is 0 Å². The average Bonchev–Trinajstić information content (AvgIpc) is 2.62. The van der Waals surface area contributed by atoms with Crippen LogP contribution < -0.4 is 5.43 Å². The molecule has 0 aliphatic carbocycles. The van der Waals surface area contributed by atoms with Gasteiger partial charge in [0.2, 0.25) is 5.43 Å². The third-order valence-corrected chi connectivity index (χ3v) is 3.87. The minimum Gasteiger partial charge on any atom is -0.477 e. The van der Waals surface area contributed by atoms with Crippen molar-refractivity contribution < 1.29 is 9.90 Å². The molecule has 1 N–H and O–H groups in total. The van der Waals surface area contributed by atoms with Crippen molar-refractivity contribution in [3.63, 3.8) is 0 Å². The summed E-state index contributed by atoms with van der Waals surface area (Å²) in [6.45, 7) is 0. The first-order chi connectivity index (χ1) is 11.7. The normalized spacial score (nSPS) is 11.0. The number of carbonyl (C=O) groups is 1. The highest BCUT2D eigenvalue weighted by molar-refractivity contribution is 5.94. The molecule has 0 amide bonds. The number of benzene rings is 1. The summed E-state index contributed by atoms with van der Waals surface area (Å²) in [5, 5.41) is 11.4. The van der Waals surface area contributed by atoms with E-state index in [9.17, 15) is 14.7 Å². The Kier molecular flexibility index (Phi) is 3.09. The predicted octanol–water partition coefficient (Wildman–Crippen LogP) is 2.63. The van der Waals surface area contributed by atoms with E-state index in [-0.39, 0.29) is 10.9 Å². The van der Waals surface area contributed by atoms with E-state index in [2.05, 4.69) is 9.97 Å². The van der Waals surface area contributed by atoms with Crippen LogP contribution in [0, 0.1) is 0 Å². The molecule has 0 aliphatic heterocycles. The van der Waals surface area contributed by atoms with Gasteiger partial charge in [-0.25, -0.2) is 14.8 Å². The van der Waals surface area contributed by atoms with Crippen molar-refractivity contribution in [1.82, 2.24) is 14.5 Å². The number of rotatable bonds is 2. The Hall–Kier alpha value is -3.54. The van der Waals surface area contributed by atoms with Crippen LogP contribution in [0.25, 0.3) is 27.6 Å². The van der Waals surface area contributed by atoms with Gasteiger partial charge in [0, 0.05) is 24.0 Å². The second-order valence-electron chi connectivity index (χ2n) is 5.28. The Labute approximate surface area is 135 Å². The van der Waals surface area contributed by atoms with E-state index in [4.69, 9.17) is 0 Å². The van der Waals surface area contributed by atoms with Crippen molar-refractivity contribution in [3.8, 4) is 5.82 Å². The molecule has 0 bridgehead atoms. The number of nitrogens with zero attached hydrogens (tertiary/aromatic N) is 3. The number of hydrogen-bond acceptors (Lipinski definition) is 4. The molecule has 4 rings (SSSR count). The van der Waals surface area contributed by atoms with Gasteiger partial charge in [-0.15, -0.1) is 0 Å². The number of aromatic nitrogens is 3. The van der Waals surface area contributed by atoms with E-state index in [1.165, 1.54) is 6.20 Å². The zero-order chi connectivity index (χ0) is 16.7. The lowest BCUT2D eigenvalue weighted by Gasteiger charge is -2.12. The summed E-state index contributed by atoms with van der Waals surface area (Å²) < 4.78 is 1.56. The molecule has 24 heavy (non-hydrogen) atoms. The van der Waals surface area contributed by atoms with Gasteiger partial charge in [-0.1, -0.05) is 24.3 Å². The summed E-state index contributed by atoms with van der Waals surface area (Å²) in [5.41, 5.74) is -0.497. The molecule has 6 nitrogen and oxygen atoms in total. The lowest BCUT2D eigenvalue weighted by Crippen LogP contribution is -2.19. The minimum absolute atomic E-state index is 0.243. The van der Waals surface area contributed by atoms with Crippen molar-refractivity contribution >= 4 is 27.8 Å². The maximum absolute atomic E-state index is 12.4. The lowest BCUT2D eigenvalue weighted by molar-refractivity contribution is 0.0695. The first kappa shape index (κ1) is 14.1. The summed E-state index contributed by atoms with van der Waals surface area (Å²) in [6.07, 6.45) is 4.49. The lowest BCUT2D eigenvalue weighted by atomic mass is 10.1. The first-order valence-corrected chi connectivity index (χ1v) is 7.24. The average molecular weight is 317 g/mol. The maximum Gasteiger partial charge on any atom is 0.341 e. The van der Waals surface area contributed by atoms with Crippen LogP contribution in [0.3, 0.4) is 0 Å².